The van der Waals surface area contributed by atoms with Crippen LogP contribution in [0.5, 0.6) is 0 Å². The van der Waals surface area contributed by atoms with Crippen LogP contribution in [0.2, 0.25) is 10.4 Å². The summed E-state index contributed by atoms with van der Waals surface area (Å²) in [4.78, 5) is 20.1. The molecule has 0 bridgehead atoms. The van der Waals surface area contributed by atoms with Gasteiger partial charge >= 0.3 is 0 Å². The van der Waals surface area contributed by atoms with Crippen LogP contribution in [0.25, 0.3) is 0 Å². The molecule has 2 heterocycles. The quantitative estimate of drug-likeness (QED) is 0.680. The number of halogens is 2. The van der Waals surface area contributed by atoms with E-state index in [1.165, 1.54) is 17.4 Å². The van der Waals surface area contributed by atoms with E-state index in [2.05, 4.69) is 15.3 Å². The van der Waals surface area contributed by atoms with E-state index in [1.807, 2.05) is 18.4 Å². The van der Waals surface area contributed by atoms with Gasteiger partial charge in [0.1, 0.15) is 11.0 Å². The molecule has 1 amide bonds. The van der Waals surface area contributed by atoms with Gasteiger partial charge in [-0.2, -0.15) is 0 Å². The molecule has 0 saturated heterocycles. The number of rotatable bonds is 2. The molecule has 4 nitrogen and oxygen atoms in total. The summed E-state index contributed by atoms with van der Waals surface area (Å²) in [6.07, 6.45) is 0. The van der Waals surface area contributed by atoms with Crippen molar-refractivity contribution in [2.45, 2.75) is 6.92 Å². The summed E-state index contributed by atoms with van der Waals surface area (Å²) in [6, 6.07) is 3.31. The highest BCUT2D eigenvalue weighted by molar-refractivity contribution is 7.12. The molecule has 0 aromatic carbocycles. The molecule has 7 heteroatoms. The van der Waals surface area contributed by atoms with Gasteiger partial charge in [-0.1, -0.05) is 11.6 Å². The van der Waals surface area contributed by atoms with Crippen molar-refractivity contribution in [1.29, 1.82) is 0 Å². The van der Waals surface area contributed by atoms with Crippen LogP contribution in [0.15, 0.2) is 17.5 Å². The molecular weight excluding hydrogens is 281 g/mol. The van der Waals surface area contributed by atoms with Gasteiger partial charge in [-0.3, -0.25) is 4.79 Å². The Hall–Kier alpha value is -1.17. The zero-order valence-corrected chi connectivity index (χ0v) is 11.0. The van der Waals surface area contributed by atoms with Gasteiger partial charge in [0.05, 0.1) is 4.88 Å². The monoisotopic (exact) mass is 287 g/mol. The lowest BCUT2D eigenvalue weighted by molar-refractivity contribution is 0.102. The average Bonchev–Trinajstić information content (AvgIpc) is 2.62. The van der Waals surface area contributed by atoms with Gasteiger partial charge in [-0.05, 0) is 35.5 Å². The van der Waals surface area contributed by atoms with Crippen molar-refractivity contribution < 1.29 is 4.79 Å². The molecule has 0 unspecified atom stereocenters. The van der Waals surface area contributed by atoms with Crippen LogP contribution >= 0.6 is 34.5 Å². The van der Waals surface area contributed by atoms with Crippen LogP contribution < -0.4 is 5.32 Å². The van der Waals surface area contributed by atoms with Crippen LogP contribution in [0.1, 0.15) is 15.2 Å². The van der Waals surface area contributed by atoms with E-state index in [0.717, 1.165) is 5.56 Å². The Morgan fingerprint density at radius 1 is 1.41 bits per heavy atom. The number of thiophene rings is 1. The SMILES string of the molecule is Cc1ccsc1C(=O)Nc1cc(Cl)nc(Cl)n1. The summed E-state index contributed by atoms with van der Waals surface area (Å²) in [5.41, 5.74) is 0.916. The number of nitrogens with one attached hydrogen (secondary N) is 1. The Balaban J connectivity index is 2.21. The Bertz CT molecular complexity index is 550. The van der Waals surface area contributed by atoms with Gasteiger partial charge in [0.25, 0.3) is 5.91 Å². The average molecular weight is 288 g/mol. The molecule has 0 fully saturated rings. The van der Waals surface area contributed by atoms with Crippen molar-refractivity contribution in [3.8, 4) is 0 Å². The Morgan fingerprint density at radius 2 is 2.18 bits per heavy atom. The van der Waals surface area contributed by atoms with Crippen molar-refractivity contribution in [1.82, 2.24) is 9.97 Å². The lowest BCUT2D eigenvalue weighted by Gasteiger charge is -2.04. The van der Waals surface area contributed by atoms with Gasteiger partial charge < -0.3 is 5.32 Å². The van der Waals surface area contributed by atoms with Gasteiger partial charge in [0.2, 0.25) is 5.28 Å². The maximum atomic E-state index is 11.9. The molecule has 17 heavy (non-hydrogen) atoms. The second kappa shape index (κ2) is 5.00. The summed E-state index contributed by atoms with van der Waals surface area (Å²) in [6.45, 7) is 1.87. The maximum Gasteiger partial charge on any atom is 0.267 e. The number of nitrogens with zero attached hydrogens (tertiary/aromatic N) is 2. The van der Waals surface area contributed by atoms with E-state index >= 15 is 0 Å². The fraction of sp³-hybridized carbons (Fsp3) is 0.100. The molecule has 0 aliphatic rings. The van der Waals surface area contributed by atoms with E-state index in [1.54, 1.807) is 0 Å². The largest absolute Gasteiger partial charge is 0.306 e. The minimum atomic E-state index is -0.233. The zero-order chi connectivity index (χ0) is 12.4. The minimum absolute atomic E-state index is 0.00398. The van der Waals surface area contributed by atoms with Crippen molar-refractivity contribution in [3.05, 3.63) is 38.4 Å². The summed E-state index contributed by atoms with van der Waals surface area (Å²) < 4.78 is 0. The highest BCUT2D eigenvalue weighted by Crippen LogP contribution is 2.19. The number of hydrogen-bond donors (Lipinski definition) is 1. The fourth-order valence-electron chi connectivity index (χ4n) is 1.23. The third-order valence-electron chi connectivity index (χ3n) is 1.98. The first kappa shape index (κ1) is 12.3. The van der Waals surface area contributed by atoms with Crippen molar-refractivity contribution in [2.24, 2.45) is 0 Å². The molecule has 1 N–H and O–H groups in total. The predicted molar refractivity (Wildman–Crippen MR) is 69.1 cm³/mol. The second-order valence-corrected chi connectivity index (χ2v) is 4.87. The number of hydrogen-bond acceptors (Lipinski definition) is 4. The van der Waals surface area contributed by atoms with Gasteiger partial charge in [0.15, 0.2) is 0 Å². The molecule has 0 radical (unpaired) electrons. The highest BCUT2D eigenvalue weighted by Gasteiger charge is 2.12. The Morgan fingerprint density at radius 3 is 2.76 bits per heavy atom. The summed E-state index contributed by atoms with van der Waals surface area (Å²) in [5, 5.41) is 4.65. The zero-order valence-electron chi connectivity index (χ0n) is 8.70. The molecule has 0 spiro atoms. The molecule has 0 atom stereocenters. The van der Waals surface area contributed by atoms with Crippen LogP contribution in [0.4, 0.5) is 5.82 Å². The third kappa shape index (κ3) is 2.94. The van der Waals surface area contributed by atoms with E-state index in [4.69, 9.17) is 23.2 Å². The van der Waals surface area contributed by atoms with E-state index < -0.39 is 0 Å². The minimum Gasteiger partial charge on any atom is -0.306 e. The molecule has 2 rings (SSSR count). The Kier molecular flexibility index (Phi) is 3.61. The first-order valence-electron chi connectivity index (χ1n) is 4.62. The molecule has 0 aliphatic heterocycles. The van der Waals surface area contributed by atoms with E-state index in [-0.39, 0.29) is 22.2 Å². The lowest BCUT2D eigenvalue weighted by Crippen LogP contribution is -2.12. The Labute approximate surface area is 112 Å². The third-order valence-corrected chi connectivity index (χ3v) is 3.36. The van der Waals surface area contributed by atoms with Crippen LogP contribution in [0.3, 0.4) is 0 Å². The standard InChI is InChI=1S/C10H7Cl2N3OS/c1-5-2-3-17-8(5)9(16)14-7-4-6(11)13-10(12)15-7/h2-4H,1H3,(H,13,14,15,16). The number of carbonyl (C=O) groups excluding carboxylic acids is 1. The van der Waals surface area contributed by atoms with Crippen molar-refractivity contribution >= 4 is 46.3 Å². The van der Waals surface area contributed by atoms with E-state index in [0.29, 0.717) is 4.88 Å². The van der Waals surface area contributed by atoms with Gasteiger partial charge in [-0.25, -0.2) is 9.97 Å². The maximum absolute atomic E-state index is 11.9. The van der Waals surface area contributed by atoms with Crippen molar-refractivity contribution in [3.63, 3.8) is 0 Å². The molecule has 2 aromatic heterocycles. The lowest BCUT2D eigenvalue weighted by atomic mass is 10.3. The summed E-state index contributed by atoms with van der Waals surface area (Å²) >= 11 is 12.7. The predicted octanol–water partition coefficient (Wildman–Crippen LogP) is 3.41. The first-order chi connectivity index (χ1) is 8.06. The number of anilines is 1. The fourth-order valence-corrected chi connectivity index (χ4v) is 2.46. The number of aromatic nitrogens is 2. The highest BCUT2D eigenvalue weighted by atomic mass is 35.5. The molecule has 0 saturated carbocycles. The molecular formula is C10H7Cl2N3OS. The molecule has 88 valence electrons. The topological polar surface area (TPSA) is 54.9 Å². The van der Waals surface area contributed by atoms with Crippen LogP contribution in [-0.4, -0.2) is 15.9 Å². The first-order valence-corrected chi connectivity index (χ1v) is 6.25. The summed E-state index contributed by atoms with van der Waals surface area (Å²) in [5.74, 6) is 0.0520. The number of aryl methyl sites for hydroxylation is 1. The molecule has 2 aromatic rings. The molecule has 0 aliphatic carbocycles. The number of amides is 1. The summed E-state index contributed by atoms with van der Waals surface area (Å²) in [7, 11) is 0. The second-order valence-electron chi connectivity index (χ2n) is 3.23. The van der Waals surface area contributed by atoms with Gasteiger partial charge in [-0.15, -0.1) is 11.3 Å². The normalized spacial score (nSPS) is 10.3. The smallest absolute Gasteiger partial charge is 0.267 e. The van der Waals surface area contributed by atoms with Crippen LogP contribution in [0, 0.1) is 6.92 Å². The van der Waals surface area contributed by atoms with E-state index in [9.17, 15) is 4.79 Å². The van der Waals surface area contributed by atoms with Gasteiger partial charge in [0, 0.05) is 6.07 Å². The number of carbonyl (C=O) groups is 1. The van der Waals surface area contributed by atoms with Crippen LogP contribution in [-0.2, 0) is 0 Å². The van der Waals surface area contributed by atoms with Crippen molar-refractivity contribution in [2.75, 3.05) is 5.32 Å².